The highest BCUT2D eigenvalue weighted by atomic mass is 19.4. The molecule has 0 radical (unpaired) electrons. The molecule has 1 fully saturated rings. The largest absolute Gasteiger partial charge is 0.482 e. The molecule has 22 heavy (non-hydrogen) atoms. The van der Waals surface area contributed by atoms with Crippen molar-refractivity contribution in [3.8, 4) is 5.75 Å². The van der Waals surface area contributed by atoms with E-state index >= 15 is 0 Å². The SMILES string of the molecule is NCCCN1CCN(c2ccccc2OCC(F)(F)F)CC1. The van der Waals surface area contributed by atoms with E-state index in [-0.39, 0.29) is 5.75 Å². The number of alkyl halides is 3. The van der Waals surface area contributed by atoms with Gasteiger partial charge in [0.2, 0.25) is 0 Å². The molecule has 2 N–H and O–H groups in total. The third kappa shape index (κ3) is 5.06. The minimum Gasteiger partial charge on any atom is -0.482 e. The lowest BCUT2D eigenvalue weighted by molar-refractivity contribution is -0.153. The number of nitrogens with two attached hydrogens (primary N) is 1. The second-order valence-electron chi connectivity index (χ2n) is 5.34. The van der Waals surface area contributed by atoms with Gasteiger partial charge < -0.3 is 15.4 Å². The van der Waals surface area contributed by atoms with E-state index in [1.165, 1.54) is 0 Å². The fraction of sp³-hybridized carbons (Fsp3) is 0.600. The lowest BCUT2D eigenvalue weighted by atomic mass is 10.2. The Labute approximate surface area is 128 Å². The van der Waals surface area contributed by atoms with E-state index in [0.717, 1.165) is 44.8 Å². The summed E-state index contributed by atoms with van der Waals surface area (Å²) in [6.07, 6.45) is -3.36. The molecule has 2 rings (SSSR count). The molecule has 0 unspecified atom stereocenters. The number of piperazine rings is 1. The van der Waals surface area contributed by atoms with E-state index in [1.807, 2.05) is 6.07 Å². The molecule has 0 spiro atoms. The Morgan fingerprint density at radius 3 is 2.41 bits per heavy atom. The average molecular weight is 317 g/mol. The van der Waals surface area contributed by atoms with Crippen molar-refractivity contribution in [1.82, 2.24) is 4.90 Å². The molecule has 1 aromatic rings. The summed E-state index contributed by atoms with van der Waals surface area (Å²) in [7, 11) is 0. The van der Waals surface area contributed by atoms with Crippen molar-refractivity contribution in [2.45, 2.75) is 12.6 Å². The molecule has 0 bridgehead atoms. The zero-order chi connectivity index (χ0) is 16.0. The van der Waals surface area contributed by atoms with Crippen LogP contribution in [0.3, 0.4) is 0 Å². The zero-order valence-corrected chi connectivity index (χ0v) is 12.5. The number of rotatable bonds is 6. The molecule has 124 valence electrons. The normalized spacial score (nSPS) is 16.8. The lowest BCUT2D eigenvalue weighted by Gasteiger charge is -2.36. The molecular weight excluding hydrogens is 295 g/mol. The first kappa shape index (κ1) is 16.9. The van der Waals surface area contributed by atoms with Crippen molar-refractivity contribution in [2.75, 3.05) is 50.8 Å². The highest BCUT2D eigenvalue weighted by molar-refractivity contribution is 5.58. The molecule has 0 saturated carbocycles. The number of halogens is 3. The van der Waals surface area contributed by atoms with E-state index in [9.17, 15) is 13.2 Å². The minimum absolute atomic E-state index is 0.287. The number of anilines is 1. The maximum atomic E-state index is 12.3. The Morgan fingerprint density at radius 2 is 1.77 bits per heavy atom. The van der Waals surface area contributed by atoms with Crippen LogP contribution in [0.4, 0.5) is 18.9 Å². The molecule has 1 aromatic carbocycles. The van der Waals surface area contributed by atoms with Crippen LogP contribution in [0.15, 0.2) is 24.3 Å². The lowest BCUT2D eigenvalue weighted by Crippen LogP contribution is -2.47. The Morgan fingerprint density at radius 1 is 1.09 bits per heavy atom. The molecule has 1 aliphatic rings. The molecule has 1 heterocycles. The number of hydrogen-bond acceptors (Lipinski definition) is 4. The summed E-state index contributed by atoms with van der Waals surface area (Å²) in [6, 6.07) is 6.90. The second-order valence-corrected chi connectivity index (χ2v) is 5.34. The average Bonchev–Trinajstić information content (AvgIpc) is 2.51. The van der Waals surface area contributed by atoms with E-state index in [0.29, 0.717) is 6.54 Å². The van der Waals surface area contributed by atoms with E-state index in [1.54, 1.807) is 18.2 Å². The number of benzene rings is 1. The molecule has 0 aromatic heterocycles. The van der Waals surface area contributed by atoms with Gasteiger partial charge in [0.1, 0.15) is 5.75 Å². The van der Waals surface area contributed by atoms with Crippen LogP contribution in [0.2, 0.25) is 0 Å². The van der Waals surface area contributed by atoms with Gasteiger partial charge in [-0.05, 0) is 31.6 Å². The maximum absolute atomic E-state index is 12.3. The third-order valence-corrected chi connectivity index (χ3v) is 3.65. The predicted molar refractivity (Wildman–Crippen MR) is 80.3 cm³/mol. The molecule has 4 nitrogen and oxygen atoms in total. The van der Waals surface area contributed by atoms with Crippen molar-refractivity contribution >= 4 is 5.69 Å². The third-order valence-electron chi connectivity index (χ3n) is 3.65. The van der Waals surface area contributed by atoms with E-state index in [4.69, 9.17) is 10.5 Å². The molecule has 0 amide bonds. The van der Waals surface area contributed by atoms with Crippen molar-refractivity contribution in [3.63, 3.8) is 0 Å². The van der Waals surface area contributed by atoms with Crippen molar-refractivity contribution in [1.29, 1.82) is 0 Å². The quantitative estimate of drug-likeness (QED) is 0.872. The Bertz CT molecular complexity index is 460. The van der Waals surface area contributed by atoms with Crippen LogP contribution in [-0.4, -0.2) is 57.0 Å². The van der Waals surface area contributed by atoms with Gasteiger partial charge in [-0.2, -0.15) is 13.2 Å². The zero-order valence-electron chi connectivity index (χ0n) is 12.5. The smallest absolute Gasteiger partial charge is 0.422 e. The van der Waals surface area contributed by atoms with Gasteiger partial charge in [0, 0.05) is 26.2 Å². The van der Waals surface area contributed by atoms with Gasteiger partial charge in [-0.15, -0.1) is 0 Å². The predicted octanol–water partition coefficient (Wildman–Crippen LogP) is 2.10. The summed E-state index contributed by atoms with van der Waals surface area (Å²) >= 11 is 0. The fourth-order valence-electron chi connectivity index (χ4n) is 2.53. The summed E-state index contributed by atoms with van der Waals surface area (Å²) in [5.74, 6) is 0.287. The van der Waals surface area contributed by atoms with Crippen molar-refractivity contribution < 1.29 is 17.9 Å². The first-order chi connectivity index (χ1) is 10.5. The van der Waals surface area contributed by atoms with E-state index in [2.05, 4.69) is 9.80 Å². The molecular formula is C15H22F3N3O. The van der Waals surface area contributed by atoms with Crippen molar-refractivity contribution in [2.24, 2.45) is 5.73 Å². The minimum atomic E-state index is -4.33. The Kier molecular flexibility index (Phi) is 5.90. The topological polar surface area (TPSA) is 41.7 Å². The fourth-order valence-corrected chi connectivity index (χ4v) is 2.53. The van der Waals surface area contributed by atoms with Gasteiger partial charge in [-0.3, -0.25) is 4.90 Å². The monoisotopic (exact) mass is 317 g/mol. The molecule has 0 aliphatic carbocycles. The van der Waals surface area contributed by atoms with Gasteiger partial charge in [0.25, 0.3) is 0 Å². The van der Waals surface area contributed by atoms with Crippen LogP contribution in [0, 0.1) is 0 Å². The van der Waals surface area contributed by atoms with Crippen LogP contribution >= 0.6 is 0 Å². The second kappa shape index (κ2) is 7.69. The van der Waals surface area contributed by atoms with E-state index < -0.39 is 12.8 Å². The molecule has 1 saturated heterocycles. The first-order valence-corrected chi connectivity index (χ1v) is 7.45. The highest BCUT2D eigenvalue weighted by Crippen LogP contribution is 2.30. The van der Waals surface area contributed by atoms with Crippen molar-refractivity contribution in [3.05, 3.63) is 24.3 Å². The van der Waals surface area contributed by atoms with Crippen LogP contribution in [0.5, 0.6) is 5.75 Å². The van der Waals surface area contributed by atoms with Gasteiger partial charge in [-0.1, -0.05) is 12.1 Å². The Hall–Kier alpha value is -1.47. The number of para-hydroxylation sites is 2. The maximum Gasteiger partial charge on any atom is 0.422 e. The first-order valence-electron chi connectivity index (χ1n) is 7.45. The number of hydrogen-bond donors (Lipinski definition) is 1. The molecule has 1 aliphatic heterocycles. The molecule has 7 heteroatoms. The van der Waals surface area contributed by atoms with Gasteiger partial charge >= 0.3 is 6.18 Å². The summed E-state index contributed by atoms with van der Waals surface area (Å²) in [4.78, 5) is 4.40. The summed E-state index contributed by atoms with van der Waals surface area (Å²) in [5.41, 5.74) is 6.23. The molecule has 0 atom stereocenters. The standard InChI is InChI=1S/C15H22F3N3O/c16-15(17,18)12-22-14-5-2-1-4-13(14)21-10-8-20(9-11-21)7-3-6-19/h1-2,4-5H,3,6-12,19H2. The van der Waals surface area contributed by atoms with Crippen LogP contribution < -0.4 is 15.4 Å². The van der Waals surface area contributed by atoms with Crippen LogP contribution in [0.25, 0.3) is 0 Å². The Balaban J connectivity index is 1.95. The van der Waals surface area contributed by atoms with Gasteiger partial charge in [0.05, 0.1) is 5.69 Å². The highest BCUT2D eigenvalue weighted by Gasteiger charge is 2.29. The van der Waals surface area contributed by atoms with Gasteiger partial charge in [0.15, 0.2) is 6.61 Å². The summed E-state index contributed by atoms with van der Waals surface area (Å²) < 4.78 is 41.9. The van der Waals surface area contributed by atoms with Crippen LogP contribution in [0.1, 0.15) is 6.42 Å². The number of ether oxygens (including phenoxy) is 1. The van der Waals surface area contributed by atoms with Crippen LogP contribution in [-0.2, 0) is 0 Å². The summed E-state index contributed by atoms with van der Waals surface area (Å²) in [6.45, 7) is 3.69. The summed E-state index contributed by atoms with van der Waals surface area (Å²) in [5, 5.41) is 0. The number of nitrogens with zero attached hydrogens (tertiary/aromatic N) is 2. The van der Waals surface area contributed by atoms with Gasteiger partial charge in [-0.25, -0.2) is 0 Å².